The summed E-state index contributed by atoms with van der Waals surface area (Å²) >= 11 is 0. The summed E-state index contributed by atoms with van der Waals surface area (Å²) in [7, 11) is 0. The average Bonchev–Trinajstić information content (AvgIpc) is 2.46. The predicted molar refractivity (Wildman–Crippen MR) is 72.4 cm³/mol. The summed E-state index contributed by atoms with van der Waals surface area (Å²) in [6.45, 7) is 0.520. The molecule has 2 atom stereocenters. The van der Waals surface area contributed by atoms with Crippen molar-refractivity contribution in [3.8, 4) is 5.75 Å². The molecule has 2 N–H and O–H groups in total. The zero-order valence-corrected chi connectivity index (χ0v) is 11.2. The maximum atomic E-state index is 13.7. The van der Waals surface area contributed by atoms with Gasteiger partial charge in [-0.2, -0.15) is 0 Å². The maximum Gasteiger partial charge on any atom is 0.263 e. The van der Waals surface area contributed by atoms with Crippen LogP contribution < -0.4 is 15.4 Å². The number of pyridine rings is 1. The van der Waals surface area contributed by atoms with Gasteiger partial charge in [0.05, 0.1) is 5.69 Å². The average molecular weight is 279 g/mol. The van der Waals surface area contributed by atoms with Crippen LogP contribution >= 0.6 is 0 Å². The van der Waals surface area contributed by atoms with Gasteiger partial charge in [-0.1, -0.05) is 12.8 Å². The van der Waals surface area contributed by atoms with E-state index in [4.69, 9.17) is 4.74 Å². The molecule has 0 saturated heterocycles. The second-order valence-electron chi connectivity index (χ2n) is 5.27. The molecule has 0 spiro atoms. The third kappa shape index (κ3) is 2.90. The number of carbonyl (C=O) groups excluding carboxylic acids is 1. The van der Waals surface area contributed by atoms with E-state index in [2.05, 4.69) is 15.6 Å². The number of halogens is 1. The molecule has 6 heteroatoms. The summed E-state index contributed by atoms with van der Waals surface area (Å²) in [5, 5.41) is 5.88. The van der Waals surface area contributed by atoms with Gasteiger partial charge in [0.25, 0.3) is 5.91 Å². The fourth-order valence-corrected chi connectivity index (χ4v) is 2.65. The van der Waals surface area contributed by atoms with Crippen LogP contribution in [-0.4, -0.2) is 29.7 Å². The summed E-state index contributed by atoms with van der Waals surface area (Å²) in [6.07, 6.45) is 2.77. The second kappa shape index (κ2) is 5.75. The lowest BCUT2D eigenvalue weighted by atomic mass is 9.93. The Bertz CT molecular complexity index is 509. The van der Waals surface area contributed by atoms with E-state index < -0.39 is 6.17 Å². The molecule has 20 heavy (non-hydrogen) atoms. The lowest BCUT2D eigenvalue weighted by Crippen LogP contribution is -2.39. The van der Waals surface area contributed by atoms with Crippen LogP contribution in [0.1, 0.15) is 31.4 Å². The van der Waals surface area contributed by atoms with Crippen LogP contribution in [0.15, 0.2) is 12.1 Å². The van der Waals surface area contributed by atoms with Gasteiger partial charge in [0, 0.05) is 12.6 Å². The van der Waals surface area contributed by atoms with Crippen molar-refractivity contribution in [2.75, 3.05) is 11.9 Å². The minimum atomic E-state index is -0.774. The van der Waals surface area contributed by atoms with Crippen LogP contribution in [0.5, 0.6) is 5.75 Å². The third-order valence-electron chi connectivity index (χ3n) is 3.76. The summed E-state index contributed by atoms with van der Waals surface area (Å²) in [4.78, 5) is 15.6. The molecule has 1 aromatic rings. The molecule has 1 amide bonds. The fraction of sp³-hybridized carbons (Fsp3) is 0.571. The van der Waals surface area contributed by atoms with Crippen LogP contribution in [0.4, 0.5) is 10.2 Å². The number of rotatable bonds is 3. The topological polar surface area (TPSA) is 63.2 Å². The van der Waals surface area contributed by atoms with Crippen molar-refractivity contribution in [3.05, 3.63) is 17.8 Å². The number of amides is 1. The van der Waals surface area contributed by atoms with Gasteiger partial charge in [-0.05, 0) is 25.0 Å². The monoisotopic (exact) mass is 279 g/mol. The highest BCUT2D eigenvalue weighted by atomic mass is 19.1. The molecule has 3 rings (SSSR count). The number of nitrogens with one attached hydrogen (secondary N) is 2. The number of aromatic nitrogens is 1. The van der Waals surface area contributed by atoms with E-state index in [1.54, 1.807) is 6.07 Å². The molecule has 1 fully saturated rings. The summed E-state index contributed by atoms with van der Waals surface area (Å²) in [5.74, 6) is 0.821. The van der Waals surface area contributed by atoms with E-state index in [0.29, 0.717) is 24.5 Å². The van der Waals surface area contributed by atoms with E-state index in [1.807, 2.05) is 6.07 Å². The van der Waals surface area contributed by atoms with Crippen LogP contribution in [0.2, 0.25) is 0 Å². The van der Waals surface area contributed by atoms with Crippen molar-refractivity contribution in [1.29, 1.82) is 0 Å². The molecule has 1 saturated carbocycles. The Hall–Kier alpha value is -1.69. The number of hydrogen-bond donors (Lipinski definition) is 2. The lowest BCUT2D eigenvalue weighted by molar-refractivity contribution is -0.118. The first-order valence-electron chi connectivity index (χ1n) is 7.02. The minimum Gasteiger partial charge on any atom is -0.480 e. The number of hydrogen-bond acceptors (Lipinski definition) is 4. The smallest absolute Gasteiger partial charge is 0.263 e. The first-order chi connectivity index (χ1) is 9.72. The number of ether oxygens (including phenoxy) is 1. The number of carbonyl (C=O) groups is 1. The first kappa shape index (κ1) is 13.3. The molecule has 5 nitrogen and oxygen atoms in total. The Balaban J connectivity index is 1.63. The molecule has 2 heterocycles. The van der Waals surface area contributed by atoms with Gasteiger partial charge in [0.1, 0.15) is 6.17 Å². The molecule has 108 valence electrons. The largest absolute Gasteiger partial charge is 0.480 e. The zero-order valence-electron chi connectivity index (χ0n) is 11.2. The highest BCUT2D eigenvalue weighted by Gasteiger charge is 2.24. The van der Waals surface area contributed by atoms with E-state index >= 15 is 0 Å². The molecule has 0 radical (unpaired) electrons. The molecule has 2 aliphatic rings. The predicted octanol–water partition coefficient (Wildman–Crippen LogP) is 1.78. The van der Waals surface area contributed by atoms with Crippen molar-refractivity contribution < 1.29 is 13.9 Å². The Morgan fingerprint density at radius 3 is 3.10 bits per heavy atom. The van der Waals surface area contributed by atoms with E-state index in [-0.39, 0.29) is 18.6 Å². The minimum absolute atomic E-state index is 0.0257. The van der Waals surface area contributed by atoms with Crippen LogP contribution in [0, 0.1) is 0 Å². The molecular weight excluding hydrogens is 261 g/mol. The summed E-state index contributed by atoms with van der Waals surface area (Å²) in [6, 6.07) is 3.53. The van der Waals surface area contributed by atoms with Crippen LogP contribution in [0.3, 0.4) is 0 Å². The van der Waals surface area contributed by atoms with Gasteiger partial charge in [0.15, 0.2) is 18.2 Å². The van der Waals surface area contributed by atoms with Gasteiger partial charge in [-0.3, -0.25) is 4.79 Å². The Morgan fingerprint density at radius 1 is 1.40 bits per heavy atom. The highest BCUT2D eigenvalue weighted by Crippen LogP contribution is 2.26. The second-order valence-corrected chi connectivity index (χ2v) is 5.27. The Labute approximate surface area is 116 Å². The number of alkyl halides is 1. The molecule has 1 aliphatic carbocycles. The van der Waals surface area contributed by atoms with Gasteiger partial charge < -0.3 is 15.4 Å². The molecular formula is C14H18FN3O2. The van der Waals surface area contributed by atoms with Crippen molar-refractivity contribution in [3.63, 3.8) is 0 Å². The molecule has 0 unspecified atom stereocenters. The lowest BCUT2D eigenvalue weighted by Gasteiger charge is -2.26. The van der Waals surface area contributed by atoms with Gasteiger partial charge in [-0.15, -0.1) is 0 Å². The summed E-state index contributed by atoms with van der Waals surface area (Å²) < 4.78 is 19.0. The van der Waals surface area contributed by atoms with E-state index in [0.717, 1.165) is 25.0 Å². The van der Waals surface area contributed by atoms with Crippen molar-refractivity contribution in [2.24, 2.45) is 0 Å². The third-order valence-corrected chi connectivity index (χ3v) is 3.76. The highest BCUT2D eigenvalue weighted by molar-refractivity contribution is 5.94. The molecule has 1 aromatic heterocycles. The SMILES string of the molecule is O=C1COc2ccc(CN[C@@H]3CCCC[C@@H]3F)nc2N1. The van der Waals surface area contributed by atoms with Gasteiger partial charge in [-0.25, -0.2) is 9.37 Å². The Morgan fingerprint density at radius 2 is 2.25 bits per heavy atom. The van der Waals surface area contributed by atoms with Crippen LogP contribution in [-0.2, 0) is 11.3 Å². The first-order valence-corrected chi connectivity index (χ1v) is 7.02. The zero-order chi connectivity index (χ0) is 13.9. The van der Waals surface area contributed by atoms with Gasteiger partial charge in [0.2, 0.25) is 0 Å². The fourth-order valence-electron chi connectivity index (χ4n) is 2.65. The Kier molecular flexibility index (Phi) is 3.82. The normalized spacial score (nSPS) is 25.6. The van der Waals surface area contributed by atoms with Crippen molar-refractivity contribution in [2.45, 2.75) is 44.4 Å². The number of nitrogens with zero attached hydrogens (tertiary/aromatic N) is 1. The van der Waals surface area contributed by atoms with Gasteiger partial charge >= 0.3 is 0 Å². The van der Waals surface area contributed by atoms with Crippen molar-refractivity contribution in [1.82, 2.24) is 10.3 Å². The maximum absolute atomic E-state index is 13.7. The molecule has 1 aliphatic heterocycles. The summed E-state index contributed by atoms with van der Waals surface area (Å²) in [5.41, 5.74) is 0.771. The van der Waals surface area contributed by atoms with E-state index in [1.165, 1.54) is 0 Å². The van der Waals surface area contributed by atoms with Crippen molar-refractivity contribution >= 4 is 11.7 Å². The quantitative estimate of drug-likeness (QED) is 0.885. The standard InChI is InChI=1S/C14H18FN3O2/c15-10-3-1-2-4-11(10)16-7-9-5-6-12-14(17-9)18-13(19)8-20-12/h5-6,10-11,16H,1-4,7-8H2,(H,17,18,19)/t10-,11+/m0/s1. The number of anilines is 1. The number of fused-ring (bicyclic) bond motifs is 1. The van der Waals surface area contributed by atoms with E-state index in [9.17, 15) is 9.18 Å². The molecule has 0 bridgehead atoms. The molecule has 0 aromatic carbocycles. The van der Waals surface area contributed by atoms with Crippen LogP contribution in [0.25, 0.3) is 0 Å².